The number of hydrogen-bond donors (Lipinski definition) is 0. The molecule has 2 atom stereocenters. The lowest BCUT2D eigenvalue weighted by molar-refractivity contribution is 0.277. The molecule has 0 amide bonds. The lowest BCUT2D eigenvalue weighted by Crippen LogP contribution is -2.11. The van der Waals surface area contributed by atoms with Gasteiger partial charge in [0.1, 0.15) is 0 Å². The van der Waals surface area contributed by atoms with Crippen molar-refractivity contribution in [3.05, 3.63) is 0 Å². The van der Waals surface area contributed by atoms with Crippen LogP contribution in [0.1, 0.15) is 112 Å². The van der Waals surface area contributed by atoms with Crippen LogP contribution in [0.15, 0.2) is 0 Å². The zero-order valence-corrected chi connectivity index (χ0v) is 20.2. The Labute approximate surface area is 167 Å². The summed E-state index contributed by atoms with van der Waals surface area (Å²) in [5.74, 6) is 0. The van der Waals surface area contributed by atoms with Gasteiger partial charge in [-0.05, 0) is 18.3 Å². The Hall–Kier alpha value is 0.740. The Morgan fingerprint density at radius 1 is 0.692 bits per heavy atom. The van der Waals surface area contributed by atoms with Crippen molar-refractivity contribution in [1.82, 2.24) is 0 Å². The van der Waals surface area contributed by atoms with E-state index in [1.165, 1.54) is 64.2 Å². The third-order valence-corrected chi connectivity index (χ3v) is 7.25. The van der Waals surface area contributed by atoms with Crippen LogP contribution in [-0.2, 0) is 13.4 Å². The van der Waals surface area contributed by atoms with E-state index in [1.807, 2.05) is 0 Å². The summed E-state index contributed by atoms with van der Waals surface area (Å²) in [6.45, 7) is 12.9. The van der Waals surface area contributed by atoms with E-state index in [1.54, 1.807) is 0 Å². The SMILES string of the molecule is CCCCCCCCOPOP(CC(C)(C)C)OCCCCCCCC. The molecule has 0 aromatic carbocycles. The summed E-state index contributed by atoms with van der Waals surface area (Å²) in [6, 6.07) is 0. The molecule has 3 nitrogen and oxygen atoms in total. The third-order valence-electron chi connectivity index (χ3n) is 4.13. The van der Waals surface area contributed by atoms with E-state index in [0.717, 1.165) is 32.2 Å². The van der Waals surface area contributed by atoms with Gasteiger partial charge in [-0.15, -0.1) is 0 Å². The number of hydrogen-bond acceptors (Lipinski definition) is 3. The molecule has 0 aromatic heterocycles. The molecule has 26 heavy (non-hydrogen) atoms. The second-order valence-electron chi connectivity index (χ2n) is 8.44. The molecule has 0 N–H and O–H groups in total. The third kappa shape index (κ3) is 21.0. The fourth-order valence-electron chi connectivity index (χ4n) is 2.60. The van der Waals surface area contributed by atoms with Gasteiger partial charge in [0.15, 0.2) is 17.4 Å². The molecule has 0 saturated carbocycles. The van der Waals surface area contributed by atoms with Gasteiger partial charge in [0, 0.05) is 6.16 Å². The highest BCUT2D eigenvalue weighted by molar-refractivity contribution is 7.54. The van der Waals surface area contributed by atoms with Gasteiger partial charge in [-0.2, -0.15) is 0 Å². The molecule has 0 aliphatic rings. The van der Waals surface area contributed by atoms with Crippen molar-refractivity contribution in [3.8, 4) is 0 Å². The summed E-state index contributed by atoms with van der Waals surface area (Å²) in [7, 11) is -0.695. The average Bonchev–Trinajstić information content (AvgIpc) is 2.58. The van der Waals surface area contributed by atoms with Crippen molar-refractivity contribution in [1.29, 1.82) is 0 Å². The highest BCUT2D eigenvalue weighted by Crippen LogP contribution is 2.49. The fraction of sp³-hybridized carbons (Fsp3) is 1.00. The summed E-state index contributed by atoms with van der Waals surface area (Å²) in [5, 5.41) is 0. The van der Waals surface area contributed by atoms with Crippen molar-refractivity contribution in [3.63, 3.8) is 0 Å². The van der Waals surface area contributed by atoms with Crippen LogP contribution in [0.25, 0.3) is 0 Å². The summed E-state index contributed by atoms with van der Waals surface area (Å²) in [4.78, 5) is 0. The molecule has 0 bridgehead atoms. The molecule has 0 heterocycles. The molecule has 0 fully saturated rings. The van der Waals surface area contributed by atoms with Crippen molar-refractivity contribution >= 4 is 17.4 Å². The van der Waals surface area contributed by atoms with Gasteiger partial charge in [-0.1, -0.05) is 98.8 Å². The van der Waals surface area contributed by atoms with Gasteiger partial charge >= 0.3 is 0 Å². The van der Waals surface area contributed by atoms with Crippen LogP contribution in [0.5, 0.6) is 0 Å². The normalized spacial score (nSPS) is 13.7. The number of unbranched alkanes of at least 4 members (excludes halogenated alkanes) is 10. The van der Waals surface area contributed by atoms with Gasteiger partial charge in [0.2, 0.25) is 0 Å². The first-order valence-electron chi connectivity index (χ1n) is 10.9. The van der Waals surface area contributed by atoms with Crippen LogP contribution in [0.3, 0.4) is 0 Å². The molecule has 0 spiro atoms. The quantitative estimate of drug-likeness (QED) is 0.158. The smallest absolute Gasteiger partial charge is 0.176 e. The maximum absolute atomic E-state index is 6.07. The Bertz CT molecular complexity index is 283. The largest absolute Gasteiger partial charge is 0.336 e. The van der Waals surface area contributed by atoms with Crippen molar-refractivity contribution in [2.24, 2.45) is 5.41 Å². The molecule has 2 unspecified atom stereocenters. The van der Waals surface area contributed by atoms with E-state index in [-0.39, 0.29) is 14.4 Å². The van der Waals surface area contributed by atoms with E-state index in [9.17, 15) is 0 Å². The van der Waals surface area contributed by atoms with E-state index in [2.05, 4.69) is 34.6 Å². The Morgan fingerprint density at radius 3 is 1.73 bits per heavy atom. The molecule has 0 saturated heterocycles. The average molecular weight is 409 g/mol. The zero-order chi connectivity index (χ0) is 19.5. The molecule has 158 valence electrons. The van der Waals surface area contributed by atoms with Crippen LogP contribution >= 0.6 is 17.4 Å². The predicted octanol–water partition coefficient (Wildman–Crippen LogP) is 8.62. The first-order valence-corrected chi connectivity index (χ1v) is 13.1. The monoisotopic (exact) mass is 408 g/mol. The van der Waals surface area contributed by atoms with E-state index in [0.29, 0.717) is 0 Å². The summed E-state index contributed by atoms with van der Waals surface area (Å²) < 4.78 is 17.7. The lowest BCUT2D eigenvalue weighted by Gasteiger charge is -2.25. The second kappa shape index (κ2) is 19.1. The minimum Gasteiger partial charge on any atom is -0.336 e. The van der Waals surface area contributed by atoms with Gasteiger partial charge in [0.05, 0.1) is 13.2 Å². The van der Waals surface area contributed by atoms with Crippen molar-refractivity contribution < 1.29 is 13.4 Å². The van der Waals surface area contributed by atoms with E-state index >= 15 is 0 Å². The molecule has 5 heteroatoms. The number of rotatable bonds is 19. The van der Waals surface area contributed by atoms with Crippen LogP contribution in [0, 0.1) is 5.41 Å². The van der Waals surface area contributed by atoms with Crippen LogP contribution < -0.4 is 0 Å². The molecule has 0 aromatic rings. The minimum atomic E-state index is -0.821. The lowest BCUT2D eigenvalue weighted by atomic mass is 10.0. The van der Waals surface area contributed by atoms with Crippen molar-refractivity contribution in [2.45, 2.75) is 112 Å². The second-order valence-corrected chi connectivity index (χ2v) is 10.9. The Balaban J connectivity index is 3.73. The van der Waals surface area contributed by atoms with Gasteiger partial charge < -0.3 is 9.05 Å². The highest BCUT2D eigenvalue weighted by atomic mass is 31.2. The van der Waals surface area contributed by atoms with Crippen LogP contribution in [-0.4, -0.2) is 19.4 Å². The molecular formula is C21H46O3P2. The maximum atomic E-state index is 6.07. The van der Waals surface area contributed by atoms with Crippen LogP contribution in [0.4, 0.5) is 0 Å². The summed E-state index contributed by atoms with van der Waals surface area (Å²) >= 11 is 0. The topological polar surface area (TPSA) is 27.7 Å². The van der Waals surface area contributed by atoms with E-state index < -0.39 is 8.38 Å². The Kier molecular flexibility index (Phi) is 19.6. The first-order chi connectivity index (χ1) is 12.5. The molecular weight excluding hydrogens is 362 g/mol. The molecule has 0 aliphatic carbocycles. The van der Waals surface area contributed by atoms with Crippen molar-refractivity contribution in [2.75, 3.05) is 19.4 Å². The molecule has 0 rings (SSSR count). The van der Waals surface area contributed by atoms with E-state index in [4.69, 9.17) is 13.4 Å². The zero-order valence-electron chi connectivity index (χ0n) is 18.3. The highest BCUT2D eigenvalue weighted by Gasteiger charge is 2.21. The minimum absolute atomic E-state index is 0.127. The van der Waals surface area contributed by atoms with Crippen LogP contribution in [0.2, 0.25) is 0 Å². The van der Waals surface area contributed by atoms with Gasteiger partial charge in [-0.3, -0.25) is 4.31 Å². The molecule has 0 radical (unpaired) electrons. The standard InChI is InChI=1S/C21H46O3P2/c1-6-8-10-12-14-16-18-22-25-24-26(20-21(3,4)5)23-19-17-15-13-11-9-7-2/h25H,6-20H2,1-5H3. The Morgan fingerprint density at radius 2 is 1.19 bits per heavy atom. The summed E-state index contributed by atoms with van der Waals surface area (Å²) in [6.07, 6.45) is 16.5. The van der Waals surface area contributed by atoms with Gasteiger partial charge in [-0.25, -0.2) is 0 Å². The molecule has 0 aliphatic heterocycles. The fourth-order valence-corrected chi connectivity index (χ4v) is 5.04. The van der Waals surface area contributed by atoms with Gasteiger partial charge in [0.25, 0.3) is 0 Å². The maximum Gasteiger partial charge on any atom is 0.176 e. The summed E-state index contributed by atoms with van der Waals surface area (Å²) in [5.41, 5.74) is 0.233. The predicted molar refractivity (Wildman–Crippen MR) is 119 cm³/mol. The first kappa shape index (κ1) is 26.7.